The number of hydrogen-bond acceptors (Lipinski definition) is 3. The summed E-state index contributed by atoms with van der Waals surface area (Å²) in [4.78, 5) is 25.9. The van der Waals surface area contributed by atoms with Gasteiger partial charge in [-0.05, 0) is 25.1 Å². The van der Waals surface area contributed by atoms with Crippen LogP contribution in [0.15, 0.2) is 24.3 Å². The quantitative estimate of drug-likeness (QED) is 0.906. The first-order chi connectivity index (χ1) is 10.0. The van der Waals surface area contributed by atoms with Gasteiger partial charge >= 0.3 is 0 Å². The Hall–Kier alpha value is -1.59. The number of halogens is 1. The molecule has 5 nitrogen and oxygen atoms in total. The number of carbonyl (C=O) groups is 2. The van der Waals surface area contributed by atoms with E-state index in [0.29, 0.717) is 23.9 Å². The second-order valence-electron chi connectivity index (χ2n) is 5.25. The van der Waals surface area contributed by atoms with Gasteiger partial charge in [-0.15, -0.1) is 0 Å². The standard InChI is InChI=1S/C15H19ClN2O3/c1-10(9-21-2)18-8-11(6-14(18)19)15(20)17-13-5-3-4-12(16)7-13/h3-5,7,10-11H,6,8-9H2,1-2H3,(H,17,20)/t10-,11-/m0/s1. The van der Waals surface area contributed by atoms with Gasteiger partial charge in [0.1, 0.15) is 0 Å². The zero-order valence-corrected chi connectivity index (χ0v) is 12.9. The van der Waals surface area contributed by atoms with Crippen molar-refractivity contribution in [2.24, 2.45) is 5.92 Å². The van der Waals surface area contributed by atoms with Crippen LogP contribution < -0.4 is 5.32 Å². The first-order valence-electron chi connectivity index (χ1n) is 6.86. The van der Waals surface area contributed by atoms with Gasteiger partial charge in [0.15, 0.2) is 0 Å². The maximum Gasteiger partial charge on any atom is 0.229 e. The van der Waals surface area contributed by atoms with Gasteiger partial charge in [0.05, 0.1) is 18.6 Å². The molecule has 1 N–H and O–H groups in total. The fourth-order valence-corrected chi connectivity index (χ4v) is 2.67. The number of ether oxygens (including phenoxy) is 1. The number of rotatable bonds is 5. The van der Waals surface area contributed by atoms with Crippen molar-refractivity contribution in [3.63, 3.8) is 0 Å². The van der Waals surface area contributed by atoms with Gasteiger partial charge in [-0.3, -0.25) is 9.59 Å². The molecule has 1 saturated heterocycles. The van der Waals surface area contributed by atoms with Crippen LogP contribution >= 0.6 is 11.6 Å². The molecule has 0 aromatic heterocycles. The molecule has 1 aliphatic heterocycles. The molecule has 0 unspecified atom stereocenters. The third-order valence-corrected chi connectivity index (χ3v) is 3.80. The average Bonchev–Trinajstić information content (AvgIpc) is 2.81. The van der Waals surface area contributed by atoms with Crippen molar-refractivity contribution in [1.29, 1.82) is 0 Å². The van der Waals surface area contributed by atoms with E-state index in [1.807, 2.05) is 6.92 Å². The third-order valence-electron chi connectivity index (χ3n) is 3.56. The van der Waals surface area contributed by atoms with Crippen molar-refractivity contribution in [1.82, 2.24) is 4.90 Å². The van der Waals surface area contributed by atoms with Gasteiger partial charge in [0, 0.05) is 30.8 Å². The van der Waals surface area contributed by atoms with E-state index in [4.69, 9.17) is 16.3 Å². The molecule has 2 rings (SSSR count). The highest BCUT2D eigenvalue weighted by Crippen LogP contribution is 2.23. The Morgan fingerprint density at radius 1 is 1.57 bits per heavy atom. The molecule has 2 atom stereocenters. The lowest BCUT2D eigenvalue weighted by atomic mass is 10.1. The van der Waals surface area contributed by atoms with E-state index in [1.54, 1.807) is 36.3 Å². The van der Waals surface area contributed by atoms with Crippen LogP contribution in [0.3, 0.4) is 0 Å². The number of hydrogen-bond donors (Lipinski definition) is 1. The Labute approximate surface area is 129 Å². The summed E-state index contributed by atoms with van der Waals surface area (Å²) < 4.78 is 5.06. The Morgan fingerprint density at radius 3 is 3.00 bits per heavy atom. The maximum atomic E-state index is 12.2. The van der Waals surface area contributed by atoms with E-state index in [0.717, 1.165) is 0 Å². The predicted molar refractivity (Wildman–Crippen MR) is 81.2 cm³/mol. The molecule has 21 heavy (non-hydrogen) atoms. The molecule has 0 bridgehead atoms. The van der Waals surface area contributed by atoms with Gasteiger partial charge in [-0.1, -0.05) is 17.7 Å². The summed E-state index contributed by atoms with van der Waals surface area (Å²) in [5.41, 5.74) is 0.642. The van der Waals surface area contributed by atoms with Gasteiger partial charge in [0.25, 0.3) is 0 Å². The second-order valence-corrected chi connectivity index (χ2v) is 5.69. The Balaban J connectivity index is 1.97. The molecular weight excluding hydrogens is 292 g/mol. The van der Waals surface area contributed by atoms with Gasteiger partial charge in [-0.2, -0.15) is 0 Å². The van der Waals surface area contributed by atoms with Crippen LogP contribution in [0.4, 0.5) is 5.69 Å². The van der Waals surface area contributed by atoms with Crippen molar-refractivity contribution < 1.29 is 14.3 Å². The van der Waals surface area contributed by atoms with Crippen molar-refractivity contribution in [2.45, 2.75) is 19.4 Å². The molecule has 1 heterocycles. The number of likely N-dealkylation sites (tertiary alicyclic amines) is 1. The average molecular weight is 311 g/mol. The maximum absolute atomic E-state index is 12.2. The van der Waals surface area contributed by atoms with E-state index in [9.17, 15) is 9.59 Å². The minimum absolute atomic E-state index is 0.00852. The molecule has 2 amide bonds. The molecule has 1 aromatic rings. The highest BCUT2D eigenvalue weighted by molar-refractivity contribution is 6.30. The number of benzene rings is 1. The summed E-state index contributed by atoms with van der Waals surface area (Å²) in [6.07, 6.45) is 0.237. The summed E-state index contributed by atoms with van der Waals surface area (Å²) in [7, 11) is 1.60. The van der Waals surface area contributed by atoms with Gasteiger partial charge in [0.2, 0.25) is 11.8 Å². The molecule has 1 aromatic carbocycles. The highest BCUT2D eigenvalue weighted by atomic mass is 35.5. The van der Waals surface area contributed by atoms with E-state index in [-0.39, 0.29) is 30.2 Å². The van der Waals surface area contributed by atoms with Crippen LogP contribution in [-0.2, 0) is 14.3 Å². The van der Waals surface area contributed by atoms with Crippen LogP contribution in [0.5, 0.6) is 0 Å². The van der Waals surface area contributed by atoms with Crippen molar-refractivity contribution >= 4 is 29.1 Å². The topological polar surface area (TPSA) is 58.6 Å². The molecule has 1 fully saturated rings. The molecule has 0 spiro atoms. The van der Waals surface area contributed by atoms with E-state index in [2.05, 4.69) is 5.32 Å². The van der Waals surface area contributed by atoms with Gasteiger partial charge in [-0.25, -0.2) is 0 Å². The van der Waals surface area contributed by atoms with Crippen LogP contribution in [0, 0.1) is 5.92 Å². The minimum Gasteiger partial charge on any atom is -0.383 e. The Bertz CT molecular complexity index is 535. The number of nitrogens with zero attached hydrogens (tertiary/aromatic N) is 1. The number of methoxy groups -OCH3 is 1. The molecular formula is C15H19ClN2O3. The SMILES string of the molecule is COC[C@H](C)N1C[C@@H](C(=O)Nc2cccc(Cl)c2)CC1=O. The summed E-state index contributed by atoms with van der Waals surface area (Å²) in [5.74, 6) is -0.501. The van der Waals surface area contributed by atoms with Crippen LogP contribution in [0.25, 0.3) is 0 Å². The van der Waals surface area contributed by atoms with Gasteiger partial charge < -0.3 is 15.0 Å². The largest absolute Gasteiger partial charge is 0.383 e. The van der Waals surface area contributed by atoms with Crippen LogP contribution in [0.1, 0.15) is 13.3 Å². The zero-order valence-electron chi connectivity index (χ0n) is 12.1. The lowest BCUT2D eigenvalue weighted by molar-refractivity contribution is -0.130. The lowest BCUT2D eigenvalue weighted by Gasteiger charge is -2.23. The van der Waals surface area contributed by atoms with Crippen LogP contribution in [0.2, 0.25) is 5.02 Å². The van der Waals surface area contributed by atoms with Crippen molar-refractivity contribution in [2.75, 3.05) is 25.6 Å². The summed E-state index contributed by atoms with van der Waals surface area (Å²) in [6.45, 7) is 2.81. The fourth-order valence-electron chi connectivity index (χ4n) is 2.47. The lowest BCUT2D eigenvalue weighted by Crippen LogP contribution is -2.38. The first-order valence-corrected chi connectivity index (χ1v) is 7.24. The number of anilines is 1. The Morgan fingerprint density at radius 2 is 2.33 bits per heavy atom. The molecule has 114 valence electrons. The van der Waals surface area contributed by atoms with E-state index >= 15 is 0 Å². The normalized spacial score (nSPS) is 19.7. The number of nitrogens with one attached hydrogen (secondary N) is 1. The molecule has 0 saturated carbocycles. The summed E-state index contributed by atoms with van der Waals surface area (Å²) in [6, 6.07) is 6.94. The van der Waals surface area contributed by atoms with E-state index in [1.165, 1.54) is 0 Å². The smallest absolute Gasteiger partial charge is 0.229 e. The monoisotopic (exact) mass is 310 g/mol. The Kier molecular flexibility index (Phi) is 5.20. The molecule has 6 heteroatoms. The molecule has 0 aliphatic carbocycles. The van der Waals surface area contributed by atoms with Crippen molar-refractivity contribution in [3.05, 3.63) is 29.3 Å². The minimum atomic E-state index is -0.337. The number of amides is 2. The highest BCUT2D eigenvalue weighted by Gasteiger charge is 2.36. The summed E-state index contributed by atoms with van der Waals surface area (Å²) in [5, 5.41) is 3.36. The van der Waals surface area contributed by atoms with Crippen LogP contribution in [-0.4, -0.2) is 43.0 Å². The molecule has 1 aliphatic rings. The first kappa shape index (κ1) is 15.8. The summed E-state index contributed by atoms with van der Waals surface area (Å²) >= 11 is 5.88. The van der Waals surface area contributed by atoms with Crippen molar-refractivity contribution in [3.8, 4) is 0 Å². The fraction of sp³-hybridized carbons (Fsp3) is 0.467. The molecule has 0 radical (unpaired) electrons. The van der Waals surface area contributed by atoms with E-state index < -0.39 is 0 Å². The predicted octanol–water partition coefficient (Wildman–Crippen LogP) is 2.16. The second kappa shape index (κ2) is 6.91. The zero-order chi connectivity index (χ0) is 15.4. The number of carbonyl (C=O) groups excluding carboxylic acids is 2. The third kappa shape index (κ3) is 3.95.